The Morgan fingerprint density at radius 1 is 1.21 bits per heavy atom. The van der Waals surface area contributed by atoms with Gasteiger partial charge >= 0.3 is 5.97 Å². The summed E-state index contributed by atoms with van der Waals surface area (Å²) in [5, 5.41) is 24.8. The maximum Gasteiger partial charge on any atom is 0.358 e. The molecule has 224 valence electrons. The number of rotatable bonds is 11. The number of aromatic amines is 1. The Morgan fingerprint density at radius 3 is 2.81 bits per heavy atom. The number of carbonyl (C=O) groups excluding carboxylic acids is 1. The van der Waals surface area contributed by atoms with Gasteiger partial charge in [-0.3, -0.25) is 4.84 Å². The Kier molecular flexibility index (Phi) is 8.31. The van der Waals surface area contributed by atoms with Crippen LogP contribution in [-0.2, 0) is 27.2 Å². The summed E-state index contributed by atoms with van der Waals surface area (Å²) in [4.78, 5) is 34.6. The second kappa shape index (κ2) is 12.5. The summed E-state index contributed by atoms with van der Waals surface area (Å²) in [6.07, 6.45) is 2.07. The van der Waals surface area contributed by atoms with Gasteiger partial charge in [-0.1, -0.05) is 61.3 Å². The van der Waals surface area contributed by atoms with E-state index in [1.54, 1.807) is 47.0 Å². The number of ether oxygens (including phenoxy) is 3. The molecule has 2 fully saturated rings. The van der Waals surface area contributed by atoms with E-state index in [0.29, 0.717) is 46.9 Å². The smallest absolute Gasteiger partial charge is 0.358 e. The fraction of sp³-hybridized carbons (Fsp3) is 0.393. The Hall–Kier alpha value is -4.40. The molecule has 2 aromatic heterocycles. The summed E-state index contributed by atoms with van der Waals surface area (Å²) in [7, 11) is 0. The molecule has 0 unspecified atom stereocenters. The van der Waals surface area contributed by atoms with Crippen molar-refractivity contribution in [3.05, 3.63) is 74.8 Å². The van der Waals surface area contributed by atoms with E-state index in [9.17, 15) is 14.9 Å². The molecule has 0 saturated carbocycles. The molecule has 0 spiro atoms. The molecule has 2 aliphatic heterocycles. The number of nitrogens with zero attached hydrogens (tertiary/aromatic N) is 6. The van der Waals surface area contributed by atoms with Gasteiger partial charge in [0.25, 0.3) is 5.09 Å². The van der Waals surface area contributed by atoms with Crippen molar-refractivity contribution in [1.82, 2.24) is 30.2 Å². The molecule has 15 heteroatoms. The Bertz CT molecular complexity index is 1630. The number of hydrogen-bond donors (Lipinski definition) is 1. The molecule has 2 saturated heterocycles. The zero-order valence-electron chi connectivity index (χ0n) is 23.1. The molecular weight excluding hydrogens is 582 g/mol. The number of tetrazole rings is 1. The van der Waals surface area contributed by atoms with Crippen molar-refractivity contribution in [2.75, 3.05) is 13.2 Å². The van der Waals surface area contributed by atoms with Crippen molar-refractivity contribution >= 4 is 17.6 Å². The number of fused-ring (bicyclic) bond motifs is 1. The van der Waals surface area contributed by atoms with Crippen molar-refractivity contribution in [3.8, 4) is 28.3 Å². The highest BCUT2D eigenvalue weighted by Gasteiger charge is 2.44. The van der Waals surface area contributed by atoms with Crippen LogP contribution in [0.15, 0.2) is 42.5 Å². The van der Waals surface area contributed by atoms with Gasteiger partial charge in [-0.05, 0) is 35.2 Å². The number of halogens is 1. The summed E-state index contributed by atoms with van der Waals surface area (Å²) in [6, 6.07) is 12.2. The molecule has 4 heterocycles. The second-order valence-corrected chi connectivity index (χ2v) is 10.6. The van der Waals surface area contributed by atoms with Crippen LogP contribution in [0.5, 0.6) is 5.75 Å². The van der Waals surface area contributed by atoms with E-state index < -0.39 is 17.2 Å². The summed E-state index contributed by atoms with van der Waals surface area (Å²) in [5.74, 6) is 0.277. The summed E-state index contributed by atoms with van der Waals surface area (Å²) >= 11 is 6.53. The van der Waals surface area contributed by atoms with Gasteiger partial charge in [0.15, 0.2) is 17.0 Å². The highest BCUT2D eigenvalue weighted by atomic mass is 35.5. The first kappa shape index (κ1) is 28.7. The Labute approximate surface area is 250 Å². The molecule has 6 rings (SSSR count). The molecule has 0 radical (unpaired) electrons. The van der Waals surface area contributed by atoms with Gasteiger partial charge < -0.3 is 18.8 Å². The average molecular weight is 610 g/mol. The SMILES string of the molecule is CCCCc1nc(Cl)c(C(=O)O[C@H]2CO[C@H]3CCO[C@H]32)n1Cc1ccc(-c2ccccc2-c2nn[nH]n2)c(O[N+](=O)[O-])c1. The third-order valence-electron chi connectivity index (χ3n) is 7.49. The van der Waals surface area contributed by atoms with Crippen molar-refractivity contribution in [3.63, 3.8) is 0 Å². The van der Waals surface area contributed by atoms with Gasteiger partial charge in [-0.2, -0.15) is 5.21 Å². The number of aromatic nitrogens is 6. The molecule has 0 aliphatic carbocycles. The first-order valence-electron chi connectivity index (χ1n) is 13.9. The first-order valence-corrected chi connectivity index (χ1v) is 14.3. The fourth-order valence-electron chi connectivity index (χ4n) is 5.50. The predicted molar refractivity (Wildman–Crippen MR) is 151 cm³/mol. The standard InChI is InChI=1S/C28H28ClN7O7/c1-2-3-8-23-30-26(29)24(28(37)42-22-15-41-20-11-12-40-25(20)22)35(23)14-16-9-10-18(21(13-16)43-36(38)39)17-6-4-5-7-19(17)27-31-33-34-32-27/h4-7,9-10,13,20,22,25H,2-3,8,11-12,14-15H2,1H3,(H,31,32,33,34)/t20-,22-,25+/m0/s1. The largest absolute Gasteiger partial charge is 0.452 e. The van der Waals surface area contributed by atoms with Crippen molar-refractivity contribution < 1.29 is 28.9 Å². The summed E-state index contributed by atoms with van der Waals surface area (Å²) in [6.45, 7) is 2.97. The molecule has 0 bridgehead atoms. The number of hydrogen-bond acceptors (Lipinski definition) is 11. The zero-order chi connectivity index (χ0) is 29.9. The van der Waals surface area contributed by atoms with Gasteiger partial charge in [0.05, 0.1) is 12.7 Å². The zero-order valence-corrected chi connectivity index (χ0v) is 23.9. The topological polar surface area (TPSA) is 169 Å². The van der Waals surface area contributed by atoms with E-state index in [2.05, 4.69) is 32.5 Å². The Morgan fingerprint density at radius 2 is 2.05 bits per heavy atom. The average Bonchev–Trinajstić information content (AvgIpc) is 3.79. The Balaban J connectivity index is 1.35. The van der Waals surface area contributed by atoms with Gasteiger partial charge in [0, 0.05) is 30.7 Å². The number of H-pyrrole nitrogens is 1. The van der Waals surface area contributed by atoms with E-state index in [1.807, 2.05) is 0 Å². The van der Waals surface area contributed by atoms with Gasteiger partial charge in [0.1, 0.15) is 17.7 Å². The summed E-state index contributed by atoms with van der Waals surface area (Å²) in [5.41, 5.74) is 2.37. The number of nitrogens with one attached hydrogen (secondary N) is 1. The van der Waals surface area contributed by atoms with Gasteiger partial charge in [-0.15, -0.1) is 20.3 Å². The number of imidazole rings is 1. The molecule has 1 N–H and O–H groups in total. The third-order valence-corrected chi connectivity index (χ3v) is 7.76. The van der Waals surface area contributed by atoms with Gasteiger partial charge in [-0.25, -0.2) is 9.78 Å². The van der Waals surface area contributed by atoms with Crippen LogP contribution in [0.4, 0.5) is 0 Å². The minimum absolute atomic E-state index is 0.00331. The molecule has 2 aromatic carbocycles. The highest BCUT2D eigenvalue weighted by Crippen LogP contribution is 2.37. The quantitative estimate of drug-likeness (QED) is 0.148. The van der Waals surface area contributed by atoms with Crippen LogP contribution in [-0.4, -0.2) is 72.8 Å². The number of benzene rings is 2. The van der Waals surface area contributed by atoms with Crippen LogP contribution >= 0.6 is 11.6 Å². The minimum Gasteiger partial charge on any atom is -0.452 e. The minimum atomic E-state index is -0.870. The lowest BCUT2D eigenvalue weighted by atomic mass is 9.97. The van der Waals surface area contributed by atoms with Crippen molar-refractivity contribution in [2.24, 2.45) is 0 Å². The van der Waals surface area contributed by atoms with Crippen LogP contribution < -0.4 is 4.84 Å². The van der Waals surface area contributed by atoms with Crippen molar-refractivity contribution in [2.45, 2.75) is 57.5 Å². The third kappa shape index (κ3) is 5.94. The maximum absolute atomic E-state index is 13.5. The van der Waals surface area contributed by atoms with Crippen LogP contribution in [0.2, 0.25) is 5.15 Å². The highest BCUT2D eigenvalue weighted by molar-refractivity contribution is 6.32. The van der Waals surface area contributed by atoms with Gasteiger partial charge in [0.2, 0.25) is 5.82 Å². The lowest BCUT2D eigenvalue weighted by Crippen LogP contribution is -2.32. The first-order chi connectivity index (χ1) is 20.9. The number of unbranched alkanes of at least 4 members (excludes halogenated alkanes) is 1. The molecule has 4 aromatic rings. The lowest BCUT2D eigenvalue weighted by Gasteiger charge is -2.18. The molecule has 2 aliphatic rings. The van der Waals surface area contributed by atoms with E-state index in [4.69, 9.17) is 30.6 Å². The van der Waals surface area contributed by atoms with Crippen molar-refractivity contribution in [1.29, 1.82) is 0 Å². The molecule has 3 atom stereocenters. The lowest BCUT2D eigenvalue weighted by molar-refractivity contribution is -0.710. The molecular formula is C28H28ClN7O7. The fourth-order valence-corrected chi connectivity index (χ4v) is 5.77. The number of esters is 1. The van der Waals surface area contributed by atoms with E-state index >= 15 is 0 Å². The van der Waals surface area contributed by atoms with Crippen LogP contribution in [0, 0.1) is 10.1 Å². The maximum atomic E-state index is 13.5. The monoisotopic (exact) mass is 609 g/mol. The number of carbonyl (C=O) groups is 1. The molecule has 14 nitrogen and oxygen atoms in total. The second-order valence-electron chi connectivity index (χ2n) is 10.2. The predicted octanol–water partition coefficient (Wildman–Crippen LogP) is 4.06. The van der Waals surface area contributed by atoms with E-state index in [1.165, 1.54) is 0 Å². The summed E-state index contributed by atoms with van der Waals surface area (Å²) < 4.78 is 19.0. The van der Waals surface area contributed by atoms with Crippen LogP contribution in [0.1, 0.15) is 48.1 Å². The van der Waals surface area contributed by atoms with Crippen LogP contribution in [0.25, 0.3) is 22.5 Å². The molecule has 43 heavy (non-hydrogen) atoms. The molecule has 0 amide bonds. The number of aryl methyl sites for hydroxylation is 1. The van der Waals surface area contributed by atoms with E-state index in [0.717, 1.165) is 19.3 Å². The van der Waals surface area contributed by atoms with E-state index in [-0.39, 0.29) is 42.0 Å². The normalized spacial score (nSPS) is 19.3. The van der Waals surface area contributed by atoms with Crippen LogP contribution in [0.3, 0.4) is 0 Å².